The van der Waals surface area contributed by atoms with Crippen LogP contribution in [-0.4, -0.2) is 16.9 Å². The lowest BCUT2D eigenvalue weighted by Crippen LogP contribution is -2.36. The fourth-order valence-corrected chi connectivity index (χ4v) is 2.16. The van der Waals surface area contributed by atoms with E-state index in [0.29, 0.717) is 10.7 Å². The number of amides is 1. The number of hydrogen-bond donors (Lipinski definition) is 1. The molecule has 1 aliphatic carbocycles. The van der Waals surface area contributed by atoms with Gasteiger partial charge in [-0.05, 0) is 31.4 Å². The minimum absolute atomic E-state index is 0.0387. The Morgan fingerprint density at radius 3 is 3.00 bits per heavy atom. The van der Waals surface area contributed by atoms with E-state index >= 15 is 0 Å². The van der Waals surface area contributed by atoms with Crippen LogP contribution >= 0.6 is 11.6 Å². The Morgan fingerprint density at radius 1 is 1.53 bits per heavy atom. The van der Waals surface area contributed by atoms with Gasteiger partial charge in [0.15, 0.2) is 0 Å². The van der Waals surface area contributed by atoms with E-state index in [1.165, 1.54) is 6.20 Å². The van der Waals surface area contributed by atoms with Crippen LogP contribution in [0.2, 0.25) is 5.15 Å². The number of halogens is 1. The van der Waals surface area contributed by atoms with Crippen LogP contribution in [-0.2, 0) is 0 Å². The van der Waals surface area contributed by atoms with Crippen molar-refractivity contribution in [2.45, 2.75) is 25.3 Å². The summed E-state index contributed by atoms with van der Waals surface area (Å²) in [7, 11) is 0. The van der Waals surface area contributed by atoms with Crippen molar-refractivity contribution in [3.05, 3.63) is 29.0 Å². The minimum atomic E-state index is -0.193. The summed E-state index contributed by atoms with van der Waals surface area (Å²) in [6.45, 7) is 0. The van der Waals surface area contributed by atoms with Crippen LogP contribution in [0.3, 0.4) is 0 Å². The quantitative estimate of drug-likeness (QED) is 0.817. The molecule has 1 aliphatic rings. The van der Waals surface area contributed by atoms with Gasteiger partial charge in [-0.1, -0.05) is 11.6 Å². The zero-order valence-electron chi connectivity index (χ0n) is 9.19. The maximum absolute atomic E-state index is 11.9. The molecular weight excluding hydrogens is 238 g/mol. The predicted molar refractivity (Wildman–Crippen MR) is 63.5 cm³/mol. The molecule has 5 heteroatoms. The van der Waals surface area contributed by atoms with Gasteiger partial charge >= 0.3 is 0 Å². The van der Waals surface area contributed by atoms with Gasteiger partial charge in [0.05, 0.1) is 17.6 Å². The Hall–Kier alpha value is -1.60. The minimum Gasteiger partial charge on any atom is -0.348 e. The zero-order valence-corrected chi connectivity index (χ0v) is 9.94. The number of nitriles is 1. The zero-order chi connectivity index (χ0) is 12.3. The molecule has 0 spiro atoms. The first-order valence-corrected chi connectivity index (χ1v) is 5.90. The summed E-state index contributed by atoms with van der Waals surface area (Å²) in [6.07, 6.45) is 4.15. The maximum Gasteiger partial charge on any atom is 0.253 e. The molecule has 1 fully saturated rings. The number of nitrogens with one attached hydrogen (secondary N) is 1. The number of carbonyl (C=O) groups excluding carboxylic acids is 1. The second kappa shape index (κ2) is 5.15. The van der Waals surface area contributed by atoms with Crippen LogP contribution in [0.5, 0.6) is 0 Å². The van der Waals surface area contributed by atoms with Gasteiger partial charge in [-0.3, -0.25) is 4.79 Å². The molecule has 1 saturated carbocycles. The third-order valence-corrected chi connectivity index (χ3v) is 3.21. The van der Waals surface area contributed by atoms with Crippen LogP contribution in [0.1, 0.15) is 29.6 Å². The van der Waals surface area contributed by atoms with E-state index in [1.807, 2.05) is 0 Å². The molecule has 17 heavy (non-hydrogen) atoms. The van der Waals surface area contributed by atoms with E-state index in [2.05, 4.69) is 16.4 Å². The highest BCUT2D eigenvalue weighted by Crippen LogP contribution is 2.25. The van der Waals surface area contributed by atoms with Crippen LogP contribution < -0.4 is 5.32 Å². The Morgan fingerprint density at radius 2 is 2.35 bits per heavy atom. The monoisotopic (exact) mass is 249 g/mol. The van der Waals surface area contributed by atoms with E-state index in [9.17, 15) is 4.79 Å². The van der Waals surface area contributed by atoms with Crippen molar-refractivity contribution in [2.24, 2.45) is 5.92 Å². The van der Waals surface area contributed by atoms with Crippen LogP contribution in [0.15, 0.2) is 18.3 Å². The predicted octanol–water partition coefficient (Wildman–Crippen LogP) is 2.16. The lowest BCUT2D eigenvalue weighted by molar-refractivity contribution is 0.0932. The van der Waals surface area contributed by atoms with Crippen molar-refractivity contribution in [3.8, 4) is 6.07 Å². The van der Waals surface area contributed by atoms with Crippen molar-refractivity contribution >= 4 is 17.5 Å². The highest BCUT2D eigenvalue weighted by molar-refractivity contribution is 6.29. The van der Waals surface area contributed by atoms with Gasteiger partial charge in [0.25, 0.3) is 5.91 Å². The molecule has 1 aromatic rings. The Kier molecular flexibility index (Phi) is 3.60. The van der Waals surface area contributed by atoms with Gasteiger partial charge in [-0.15, -0.1) is 0 Å². The molecule has 0 bridgehead atoms. The van der Waals surface area contributed by atoms with E-state index in [4.69, 9.17) is 16.9 Å². The number of pyridine rings is 1. The van der Waals surface area contributed by atoms with Crippen molar-refractivity contribution in [1.29, 1.82) is 5.26 Å². The summed E-state index contributed by atoms with van der Waals surface area (Å²) < 4.78 is 0. The van der Waals surface area contributed by atoms with E-state index in [-0.39, 0.29) is 17.9 Å². The largest absolute Gasteiger partial charge is 0.348 e. The van der Waals surface area contributed by atoms with Crippen LogP contribution in [0.4, 0.5) is 0 Å². The Balaban J connectivity index is 2.02. The summed E-state index contributed by atoms with van der Waals surface area (Å²) in [5.41, 5.74) is 0.470. The normalized spacial score (nSPS) is 23.1. The highest BCUT2D eigenvalue weighted by atomic mass is 35.5. The maximum atomic E-state index is 11.9. The Bertz CT molecular complexity index is 452. The summed E-state index contributed by atoms with van der Waals surface area (Å²) in [5, 5.41) is 12.2. The molecule has 1 N–H and O–H groups in total. The fourth-order valence-electron chi connectivity index (χ4n) is 2.05. The third kappa shape index (κ3) is 2.75. The first-order chi connectivity index (χ1) is 8.20. The number of hydrogen-bond acceptors (Lipinski definition) is 3. The smallest absolute Gasteiger partial charge is 0.253 e. The highest BCUT2D eigenvalue weighted by Gasteiger charge is 2.28. The molecule has 2 atom stereocenters. The average Bonchev–Trinajstić information content (AvgIpc) is 2.77. The molecule has 4 nitrogen and oxygen atoms in total. The summed E-state index contributed by atoms with van der Waals surface area (Å²) >= 11 is 5.65. The lowest BCUT2D eigenvalue weighted by Gasteiger charge is -2.15. The van der Waals surface area contributed by atoms with Gasteiger partial charge < -0.3 is 5.32 Å². The third-order valence-electron chi connectivity index (χ3n) is 2.99. The second-order valence-electron chi connectivity index (χ2n) is 4.12. The molecule has 0 saturated heterocycles. The van der Waals surface area contributed by atoms with Crippen LogP contribution in [0, 0.1) is 17.2 Å². The van der Waals surface area contributed by atoms with Gasteiger partial charge in [0.1, 0.15) is 5.15 Å². The summed E-state index contributed by atoms with van der Waals surface area (Å²) in [4.78, 5) is 15.7. The SMILES string of the molecule is N#CC1CCCC1NC(=O)c1ccc(Cl)nc1. The van der Waals surface area contributed by atoms with Gasteiger partial charge in [-0.2, -0.15) is 5.26 Å². The Labute approximate surface area is 105 Å². The number of rotatable bonds is 2. The second-order valence-corrected chi connectivity index (χ2v) is 4.50. The molecule has 0 aliphatic heterocycles. The number of nitrogens with zero attached hydrogens (tertiary/aromatic N) is 2. The molecule has 2 rings (SSSR count). The molecule has 2 unspecified atom stereocenters. The molecule has 1 heterocycles. The van der Waals surface area contributed by atoms with E-state index < -0.39 is 0 Å². The van der Waals surface area contributed by atoms with Gasteiger partial charge in [0, 0.05) is 12.2 Å². The van der Waals surface area contributed by atoms with Gasteiger partial charge in [-0.25, -0.2) is 4.98 Å². The molecular formula is C12H12ClN3O. The molecule has 0 radical (unpaired) electrons. The van der Waals surface area contributed by atoms with Crippen molar-refractivity contribution in [2.75, 3.05) is 0 Å². The van der Waals surface area contributed by atoms with Crippen molar-refractivity contribution in [1.82, 2.24) is 10.3 Å². The molecule has 88 valence electrons. The van der Waals surface area contributed by atoms with Gasteiger partial charge in [0.2, 0.25) is 0 Å². The first kappa shape index (κ1) is 11.9. The van der Waals surface area contributed by atoms with Crippen LogP contribution in [0.25, 0.3) is 0 Å². The summed E-state index contributed by atoms with van der Waals surface area (Å²) in [6, 6.07) is 5.39. The van der Waals surface area contributed by atoms with Crippen molar-refractivity contribution < 1.29 is 4.79 Å². The first-order valence-electron chi connectivity index (χ1n) is 5.53. The lowest BCUT2D eigenvalue weighted by atomic mass is 10.1. The molecule has 1 aromatic heterocycles. The molecule has 0 aromatic carbocycles. The number of carbonyl (C=O) groups is 1. The number of aromatic nitrogens is 1. The standard InChI is InChI=1S/C12H12ClN3O/c13-11-5-4-9(7-15-11)12(17)16-10-3-1-2-8(10)6-14/h4-5,7-8,10H,1-3H2,(H,16,17). The molecule has 1 amide bonds. The van der Waals surface area contributed by atoms with E-state index in [1.54, 1.807) is 12.1 Å². The fraction of sp³-hybridized carbons (Fsp3) is 0.417. The average molecular weight is 250 g/mol. The van der Waals surface area contributed by atoms with E-state index in [0.717, 1.165) is 19.3 Å². The van der Waals surface area contributed by atoms with Crippen molar-refractivity contribution in [3.63, 3.8) is 0 Å². The topological polar surface area (TPSA) is 65.8 Å². The summed E-state index contributed by atoms with van der Waals surface area (Å²) in [5.74, 6) is -0.263.